The molecule has 0 radical (unpaired) electrons. The van der Waals surface area contributed by atoms with Crippen molar-refractivity contribution >= 4 is 17.3 Å². The van der Waals surface area contributed by atoms with Gasteiger partial charge in [-0.3, -0.25) is 0 Å². The van der Waals surface area contributed by atoms with Crippen LogP contribution in [0, 0.1) is 0 Å². The molecule has 0 bridgehead atoms. The lowest BCUT2D eigenvalue weighted by Crippen LogP contribution is -2.25. The molecule has 0 fully saturated rings. The smallest absolute Gasteiger partial charge is 0.158 e. The molecule has 0 aromatic heterocycles. The van der Waals surface area contributed by atoms with Crippen LogP contribution in [0.5, 0.6) is 11.5 Å². The van der Waals surface area contributed by atoms with E-state index in [0.717, 1.165) is 28.1 Å². The van der Waals surface area contributed by atoms with E-state index < -0.39 is 0 Å². The van der Waals surface area contributed by atoms with Gasteiger partial charge in [0.05, 0.1) is 14.2 Å². The van der Waals surface area contributed by atoms with Crippen molar-refractivity contribution in [2.24, 2.45) is 0 Å². The largest absolute Gasteiger partial charge is 0.497 e. The van der Waals surface area contributed by atoms with E-state index in [9.17, 15) is 0 Å². The molecule has 0 spiro atoms. The molecule has 2 atom stereocenters. The van der Waals surface area contributed by atoms with Crippen LogP contribution in [-0.2, 0) is 4.74 Å². The average Bonchev–Trinajstić information content (AvgIpc) is 2.73. The van der Waals surface area contributed by atoms with Crippen LogP contribution in [0.4, 0.5) is 5.69 Å². The monoisotopic (exact) mass is 381 g/mol. The molecule has 4 rings (SSSR count). The quantitative estimate of drug-likeness (QED) is 0.639. The molecule has 0 saturated carbocycles. The van der Waals surface area contributed by atoms with Crippen molar-refractivity contribution in [3.63, 3.8) is 0 Å². The fourth-order valence-corrected chi connectivity index (χ4v) is 3.52. The number of ether oxygens (including phenoxy) is 3. The summed E-state index contributed by atoms with van der Waals surface area (Å²) >= 11 is 6.25. The molecule has 5 heteroatoms. The van der Waals surface area contributed by atoms with Crippen LogP contribution in [0.2, 0.25) is 5.02 Å². The topological polar surface area (TPSA) is 39.7 Å². The van der Waals surface area contributed by atoms with E-state index in [4.69, 9.17) is 25.8 Å². The Morgan fingerprint density at radius 1 is 0.889 bits per heavy atom. The van der Waals surface area contributed by atoms with E-state index in [1.165, 1.54) is 0 Å². The van der Waals surface area contributed by atoms with Gasteiger partial charge in [-0.1, -0.05) is 41.9 Å². The zero-order valence-electron chi connectivity index (χ0n) is 15.1. The summed E-state index contributed by atoms with van der Waals surface area (Å²) in [5.74, 6) is 1.44. The SMILES string of the molecule is COc1ccc(C2Nc3ccc(Cl)cc3C(c3ccccc3)O2)c(OC)c1. The first-order chi connectivity index (χ1) is 13.2. The average molecular weight is 382 g/mol. The highest BCUT2D eigenvalue weighted by molar-refractivity contribution is 6.30. The summed E-state index contributed by atoms with van der Waals surface area (Å²) in [5, 5.41) is 4.13. The van der Waals surface area contributed by atoms with Crippen LogP contribution in [0.3, 0.4) is 0 Å². The fourth-order valence-electron chi connectivity index (χ4n) is 3.34. The number of benzene rings is 3. The van der Waals surface area contributed by atoms with Gasteiger partial charge in [0.1, 0.15) is 17.6 Å². The summed E-state index contributed by atoms with van der Waals surface area (Å²) in [7, 11) is 3.28. The molecule has 1 N–H and O–H groups in total. The van der Waals surface area contributed by atoms with Crippen molar-refractivity contribution in [3.05, 3.63) is 88.4 Å². The third-order valence-corrected chi connectivity index (χ3v) is 4.92. The van der Waals surface area contributed by atoms with Crippen molar-refractivity contribution < 1.29 is 14.2 Å². The highest BCUT2D eigenvalue weighted by Gasteiger charge is 2.31. The van der Waals surface area contributed by atoms with E-state index in [1.54, 1.807) is 14.2 Å². The maximum absolute atomic E-state index is 6.47. The predicted octanol–water partition coefficient (Wildman–Crippen LogP) is 5.59. The van der Waals surface area contributed by atoms with Gasteiger partial charge in [-0.25, -0.2) is 0 Å². The Hall–Kier alpha value is -2.69. The van der Waals surface area contributed by atoms with E-state index in [-0.39, 0.29) is 12.3 Å². The van der Waals surface area contributed by atoms with Gasteiger partial charge in [0.15, 0.2) is 6.23 Å². The van der Waals surface area contributed by atoms with Crippen molar-refractivity contribution in [1.82, 2.24) is 0 Å². The molecule has 27 heavy (non-hydrogen) atoms. The normalized spacial score (nSPS) is 18.3. The van der Waals surface area contributed by atoms with E-state index in [0.29, 0.717) is 10.8 Å². The third-order valence-electron chi connectivity index (χ3n) is 4.68. The molecule has 2 unspecified atom stereocenters. The first kappa shape index (κ1) is 17.7. The number of methoxy groups -OCH3 is 2. The van der Waals surface area contributed by atoms with Gasteiger partial charge < -0.3 is 19.5 Å². The molecular weight excluding hydrogens is 362 g/mol. The molecule has 3 aromatic carbocycles. The highest BCUT2D eigenvalue weighted by atomic mass is 35.5. The lowest BCUT2D eigenvalue weighted by molar-refractivity contribution is 0.0145. The summed E-state index contributed by atoms with van der Waals surface area (Å²) in [6.45, 7) is 0. The molecule has 0 amide bonds. The van der Waals surface area contributed by atoms with Gasteiger partial charge >= 0.3 is 0 Å². The lowest BCUT2D eigenvalue weighted by Gasteiger charge is -2.35. The summed E-state index contributed by atoms with van der Waals surface area (Å²) < 4.78 is 17.3. The second-order valence-electron chi connectivity index (χ2n) is 6.29. The molecule has 4 nitrogen and oxygen atoms in total. The predicted molar refractivity (Wildman–Crippen MR) is 107 cm³/mol. The van der Waals surface area contributed by atoms with E-state index in [1.807, 2.05) is 54.6 Å². The number of nitrogens with one attached hydrogen (secondary N) is 1. The standard InChI is InChI=1S/C22H20ClNO3/c1-25-16-9-10-17(20(13-16)26-2)22-24-19-11-8-15(23)12-18(19)21(27-22)14-6-4-3-5-7-14/h3-13,21-22,24H,1-2H3. The Morgan fingerprint density at radius 3 is 2.44 bits per heavy atom. The third kappa shape index (κ3) is 3.46. The highest BCUT2D eigenvalue weighted by Crippen LogP contribution is 2.44. The van der Waals surface area contributed by atoms with Crippen molar-refractivity contribution in [1.29, 1.82) is 0 Å². The minimum Gasteiger partial charge on any atom is -0.497 e. The summed E-state index contributed by atoms with van der Waals surface area (Å²) in [5.41, 5.74) is 3.97. The van der Waals surface area contributed by atoms with E-state index in [2.05, 4.69) is 17.4 Å². The lowest BCUT2D eigenvalue weighted by atomic mass is 9.97. The molecule has 0 aliphatic carbocycles. The number of hydrogen-bond donors (Lipinski definition) is 1. The second-order valence-corrected chi connectivity index (χ2v) is 6.73. The van der Waals surface area contributed by atoms with Gasteiger partial charge in [-0.15, -0.1) is 0 Å². The van der Waals surface area contributed by atoms with Gasteiger partial charge in [0, 0.05) is 27.9 Å². The number of halogens is 1. The molecule has 1 aliphatic heterocycles. The van der Waals surface area contributed by atoms with Crippen LogP contribution in [0.15, 0.2) is 66.7 Å². The number of anilines is 1. The minimum absolute atomic E-state index is 0.238. The Labute approximate surface area is 163 Å². The van der Waals surface area contributed by atoms with Crippen molar-refractivity contribution in [2.75, 3.05) is 19.5 Å². The van der Waals surface area contributed by atoms with Gasteiger partial charge in [0.2, 0.25) is 0 Å². The van der Waals surface area contributed by atoms with Gasteiger partial charge in [0.25, 0.3) is 0 Å². The summed E-state index contributed by atoms with van der Waals surface area (Å²) in [4.78, 5) is 0. The molecule has 1 heterocycles. The molecule has 1 aliphatic rings. The zero-order chi connectivity index (χ0) is 18.8. The van der Waals surface area contributed by atoms with Crippen LogP contribution < -0.4 is 14.8 Å². The van der Waals surface area contributed by atoms with E-state index >= 15 is 0 Å². The van der Waals surface area contributed by atoms with Crippen molar-refractivity contribution in [3.8, 4) is 11.5 Å². The fraction of sp³-hybridized carbons (Fsp3) is 0.182. The maximum Gasteiger partial charge on any atom is 0.158 e. The Kier molecular flexibility index (Phi) is 4.92. The Bertz CT molecular complexity index is 946. The van der Waals surface area contributed by atoms with Gasteiger partial charge in [-0.2, -0.15) is 0 Å². The van der Waals surface area contributed by atoms with Crippen LogP contribution >= 0.6 is 11.6 Å². The summed E-state index contributed by atoms with van der Waals surface area (Å²) in [6, 6.07) is 21.7. The molecular formula is C22H20ClNO3. The number of rotatable bonds is 4. The van der Waals surface area contributed by atoms with Crippen LogP contribution in [-0.4, -0.2) is 14.2 Å². The minimum atomic E-state index is -0.371. The first-order valence-electron chi connectivity index (χ1n) is 8.68. The molecule has 0 saturated heterocycles. The van der Waals surface area contributed by atoms with Crippen LogP contribution in [0.25, 0.3) is 0 Å². The van der Waals surface area contributed by atoms with Crippen LogP contribution in [0.1, 0.15) is 29.0 Å². The number of hydrogen-bond acceptors (Lipinski definition) is 4. The number of fused-ring (bicyclic) bond motifs is 1. The van der Waals surface area contributed by atoms with Crippen molar-refractivity contribution in [2.45, 2.75) is 12.3 Å². The molecule has 3 aromatic rings. The zero-order valence-corrected chi connectivity index (χ0v) is 15.9. The Balaban J connectivity index is 1.78. The second kappa shape index (κ2) is 7.51. The first-order valence-corrected chi connectivity index (χ1v) is 9.05. The Morgan fingerprint density at radius 2 is 1.70 bits per heavy atom. The summed E-state index contributed by atoms with van der Waals surface area (Å²) in [6.07, 6.45) is -0.609. The maximum atomic E-state index is 6.47. The molecule has 138 valence electrons. The van der Waals surface area contributed by atoms with Gasteiger partial charge in [-0.05, 0) is 35.9 Å².